The maximum absolute atomic E-state index is 13.4. The number of ether oxygens (including phenoxy) is 1. The quantitative estimate of drug-likeness (QED) is 0.411. The van der Waals surface area contributed by atoms with Crippen molar-refractivity contribution >= 4 is 15.9 Å². The van der Waals surface area contributed by atoms with Crippen molar-refractivity contribution < 1.29 is 31.1 Å². The van der Waals surface area contributed by atoms with Crippen LogP contribution in [0.25, 0.3) is 0 Å². The molecule has 4 rings (SSSR count). The first-order valence-corrected chi connectivity index (χ1v) is 14.8. The van der Waals surface area contributed by atoms with Crippen molar-refractivity contribution in [2.45, 2.75) is 74.6 Å². The summed E-state index contributed by atoms with van der Waals surface area (Å²) in [6.07, 6.45) is -0.213. The second-order valence-corrected chi connectivity index (χ2v) is 12.1. The molecule has 2 atom stereocenters. The number of nitrogens with zero attached hydrogens (tertiary/aromatic N) is 1. The minimum atomic E-state index is -4.65. The van der Waals surface area contributed by atoms with Gasteiger partial charge in [0.2, 0.25) is 15.9 Å². The number of amides is 1. The molecule has 1 aliphatic carbocycles. The monoisotopic (exact) mass is 567 g/mol. The Hall–Kier alpha value is -2.47. The van der Waals surface area contributed by atoms with Crippen molar-refractivity contribution in [3.8, 4) is 0 Å². The van der Waals surface area contributed by atoms with Crippen LogP contribution in [0, 0.1) is 0 Å². The fourth-order valence-corrected chi connectivity index (χ4v) is 7.20. The maximum Gasteiger partial charge on any atom is 0.416 e. The van der Waals surface area contributed by atoms with Crippen LogP contribution in [-0.4, -0.2) is 51.5 Å². The topological polar surface area (TPSA) is 87.7 Å². The largest absolute Gasteiger partial charge is 0.416 e. The molecule has 0 aromatic heterocycles. The smallest absolute Gasteiger partial charge is 0.383 e. The highest BCUT2D eigenvalue weighted by Crippen LogP contribution is 2.34. The molecule has 0 saturated carbocycles. The first-order valence-electron chi connectivity index (χ1n) is 13.4. The van der Waals surface area contributed by atoms with Gasteiger partial charge in [-0.1, -0.05) is 30.7 Å². The van der Waals surface area contributed by atoms with Gasteiger partial charge in [0, 0.05) is 39.2 Å². The lowest BCUT2D eigenvalue weighted by Crippen LogP contribution is -2.46. The number of sulfonamides is 1. The lowest BCUT2D eigenvalue weighted by molar-refractivity contribution is -0.137. The van der Waals surface area contributed by atoms with Crippen LogP contribution >= 0.6 is 0 Å². The van der Waals surface area contributed by atoms with Crippen LogP contribution < -0.4 is 10.6 Å². The summed E-state index contributed by atoms with van der Waals surface area (Å²) in [4.78, 5) is 12.7. The van der Waals surface area contributed by atoms with E-state index in [1.54, 1.807) is 7.11 Å². The molecule has 0 bridgehead atoms. The Bertz CT molecular complexity index is 1250. The average molecular weight is 568 g/mol. The molecule has 214 valence electrons. The average Bonchev–Trinajstić information content (AvgIpc) is 2.91. The van der Waals surface area contributed by atoms with Gasteiger partial charge < -0.3 is 15.4 Å². The number of nitrogens with one attached hydrogen (secondary N) is 2. The summed E-state index contributed by atoms with van der Waals surface area (Å²) in [7, 11) is -2.54. The minimum Gasteiger partial charge on any atom is -0.383 e. The molecule has 2 aromatic rings. The van der Waals surface area contributed by atoms with Gasteiger partial charge in [-0.25, -0.2) is 8.42 Å². The highest BCUT2D eigenvalue weighted by molar-refractivity contribution is 7.89. The van der Waals surface area contributed by atoms with Crippen LogP contribution in [0.5, 0.6) is 0 Å². The number of hydrogen-bond acceptors (Lipinski definition) is 5. The van der Waals surface area contributed by atoms with Crippen LogP contribution in [0.15, 0.2) is 47.4 Å². The zero-order valence-corrected chi connectivity index (χ0v) is 22.9. The van der Waals surface area contributed by atoms with Crippen molar-refractivity contribution in [3.63, 3.8) is 0 Å². The number of benzene rings is 2. The molecule has 1 aliphatic heterocycles. The number of alkyl halides is 3. The van der Waals surface area contributed by atoms with Gasteiger partial charge in [-0.05, 0) is 67.0 Å². The predicted molar refractivity (Wildman–Crippen MR) is 141 cm³/mol. The molecule has 1 heterocycles. The first kappa shape index (κ1) is 29.5. The van der Waals surface area contributed by atoms with Crippen LogP contribution in [0.2, 0.25) is 0 Å². The van der Waals surface area contributed by atoms with E-state index in [0.717, 1.165) is 62.0 Å². The summed E-state index contributed by atoms with van der Waals surface area (Å²) in [5.74, 6) is -0.255. The van der Waals surface area contributed by atoms with Gasteiger partial charge in [0.15, 0.2) is 0 Å². The molecule has 1 amide bonds. The van der Waals surface area contributed by atoms with E-state index in [1.807, 2.05) is 6.07 Å². The number of halogens is 3. The van der Waals surface area contributed by atoms with Gasteiger partial charge in [0.05, 0.1) is 23.1 Å². The molecule has 1 unspecified atom stereocenters. The van der Waals surface area contributed by atoms with E-state index in [9.17, 15) is 26.4 Å². The van der Waals surface area contributed by atoms with Gasteiger partial charge in [-0.2, -0.15) is 17.5 Å². The second kappa shape index (κ2) is 12.8. The molecule has 1 saturated heterocycles. The van der Waals surface area contributed by atoms with E-state index < -0.39 is 32.7 Å². The third-order valence-electron chi connectivity index (χ3n) is 7.43. The Kier molecular flexibility index (Phi) is 9.69. The molecule has 0 spiro atoms. The van der Waals surface area contributed by atoms with Crippen molar-refractivity contribution in [2.24, 2.45) is 0 Å². The van der Waals surface area contributed by atoms with Crippen LogP contribution in [0.4, 0.5) is 13.2 Å². The standard InChI is InChI=1S/C28H36F3N3O4S/c1-38-15-13-32-19-20-11-12-25-21(16-20)6-4-10-26(25)33-27(35)18-23-8-2-3-14-34(23)39(36,37)24-9-5-7-22(17-24)28(29,30)31/h5,7,9,11-12,16-17,23,26,32H,2-4,6,8,10,13-15,18-19H2,1H3,(H,33,35)/t23?,26-/m1/s1. The van der Waals surface area contributed by atoms with Crippen molar-refractivity contribution in [1.82, 2.24) is 14.9 Å². The maximum atomic E-state index is 13.4. The van der Waals surface area contributed by atoms with Gasteiger partial charge in [0.1, 0.15) is 0 Å². The summed E-state index contributed by atoms with van der Waals surface area (Å²) in [6, 6.07) is 9.30. The zero-order valence-electron chi connectivity index (χ0n) is 22.1. The Labute approximate surface area is 228 Å². The van der Waals surface area contributed by atoms with E-state index in [0.29, 0.717) is 25.5 Å². The summed E-state index contributed by atoms with van der Waals surface area (Å²) >= 11 is 0. The van der Waals surface area contributed by atoms with Crippen LogP contribution in [-0.2, 0) is 38.7 Å². The zero-order chi connectivity index (χ0) is 28.0. The third-order valence-corrected chi connectivity index (χ3v) is 9.38. The highest BCUT2D eigenvalue weighted by atomic mass is 32.2. The molecule has 2 aliphatic rings. The molecule has 0 radical (unpaired) electrons. The third kappa shape index (κ3) is 7.39. The van der Waals surface area contributed by atoms with Gasteiger partial charge >= 0.3 is 6.18 Å². The molecule has 2 aromatic carbocycles. The van der Waals surface area contributed by atoms with E-state index in [2.05, 4.69) is 22.8 Å². The fourth-order valence-electron chi connectivity index (χ4n) is 5.46. The summed E-state index contributed by atoms with van der Waals surface area (Å²) in [5.41, 5.74) is 2.42. The predicted octanol–water partition coefficient (Wildman–Crippen LogP) is 4.57. The first-order chi connectivity index (χ1) is 18.6. The Morgan fingerprint density at radius 3 is 2.69 bits per heavy atom. The molecule has 11 heteroatoms. The second-order valence-electron chi connectivity index (χ2n) is 10.2. The summed E-state index contributed by atoms with van der Waals surface area (Å²) in [6.45, 7) is 2.29. The van der Waals surface area contributed by atoms with Crippen LogP contribution in [0.1, 0.15) is 66.8 Å². The van der Waals surface area contributed by atoms with Crippen molar-refractivity contribution in [1.29, 1.82) is 0 Å². The van der Waals surface area contributed by atoms with Crippen molar-refractivity contribution in [3.05, 3.63) is 64.7 Å². The Morgan fingerprint density at radius 2 is 1.92 bits per heavy atom. The number of methoxy groups -OCH3 is 1. The Morgan fingerprint density at radius 1 is 1.10 bits per heavy atom. The van der Waals surface area contributed by atoms with Gasteiger partial charge in [0.25, 0.3) is 0 Å². The van der Waals surface area contributed by atoms with Crippen LogP contribution in [0.3, 0.4) is 0 Å². The fraction of sp³-hybridized carbons (Fsp3) is 0.536. The van der Waals surface area contributed by atoms with E-state index in [-0.39, 0.29) is 24.9 Å². The Balaban J connectivity index is 1.43. The molecule has 39 heavy (non-hydrogen) atoms. The molecule has 2 N–H and O–H groups in total. The number of piperidine rings is 1. The highest BCUT2D eigenvalue weighted by Gasteiger charge is 2.37. The van der Waals surface area contributed by atoms with Gasteiger partial charge in [-0.15, -0.1) is 0 Å². The number of fused-ring (bicyclic) bond motifs is 1. The van der Waals surface area contributed by atoms with Crippen molar-refractivity contribution in [2.75, 3.05) is 26.8 Å². The molecule has 1 fully saturated rings. The summed E-state index contributed by atoms with van der Waals surface area (Å²) < 4.78 is 72.6. The number of aryl methyl sites for hydroxylation is 1. The normalized spacial score (nSPS) is 20.4. The van der Waals surface area contributed by atoms with E-state index >= 15 is 0 Å². The molecular formula is C28H36F3N3O4S. The van der Waals surface area contributed by atoms with Gasteiger partial charge in [-0.3, -0.25) is 4.79 Å². The molecular weight excluding hydrogens is 531 g/mol. The number of carbonyl (C=O) groups is 1. The lowest BCUT2D eigenvalue weighted by atomic mass is 9.86. The lowest BCUT2D eigenvalue weighted by Gasteiger charge is -2.35. The minimum absolute atomic E-state index is 0.0362. The number of rotatable bonds is 10. The number of carbonyl (C=O) groups excluding carboxylic acids is 1. The molecule has 7 nitrogen and oxygen atoms in total. The van der Waals surface area contributed by atoms with E-state index in [4.69, 9.17) is 4.74 Å². The SMILES string of the molecule is COCCNCc1ccc2c(c1)CCC[C@H]2NC(=O)CC1CCCCN1S(=O)(=O)c1cccc(C(F)(F)F)c1. The summed E-state index contributed by atoms with van der Waals surface area (Å²) in [5, 5.41) is 6.43. The van der Waals surface area contributed by atoms with E-state index in [1.165, 1.54) is 15.9 Å². The number of hydrogen-bond donors (Lipinski definition) is 2.